The molecule has 0 aliphatic rings. The van der Waals surface area contributed by atoms with Crippen molar-refractivity contribution in [3.8, 4) is 0 Å². The zero-order valence-corrected chi connectivity index (χ0v) is 12.7. The number of carbonyl (C=O) groups is 1. The molecule has 0 aliphatic carbocycles. The lowest BCUT2D eigenvalue weighted by atomic mass is 10.0. The minimum Gasteiger partial charge on any atom is -0.391 e. The van der Waals surface area contributed by atoms with Crippen molar-refractivity contribution < 1.29 is 4.79 Å². The first-order valence-corrected chi connectivity index (χ1v) is 7.17. The standard InChI is InChI=1S/C17H18N2OS/c1-12-7-5-6-10-14(12)11-15(20)19-16(17(18)21)13-8-3-2-4-9-13/h2-10,16H,11H2,1H3,(H2,18,21)(H,19,20). The largest absolute Gasteiger partial charge is 0.391 e. The molecule has 1 amide bonds. The van der Waals surface area contributed by atoms with Gasteiger partial charge in [0, 0.05) is 0 Å². The van der Waals surface area contributed by atoms with Crippen LogP contribution < -0.4 is 11.1 Å². The van der Waals surface area contributed by atoms with Crippen molar-refractivity contribution in [2.24, 2.45) is 5.73 Å². The molecule has 0 radical (unpaired) electrons. The fourth-order valence-electron chi connectivity index (χ4n) is 2.16. The van der Waals surface area contributed by atoms with Crippen molar-refractivity contribution in [1.82, 2.24) is 5.32 Å². The van der Waals surface area contributed by atoms with Crippen LogP contribution in [0.2, 0.25) is 0 Å². The van der Waals surface area contributed by atoms with Crippen LogP contribution in [0.3, 0.4) is 0 Å². The third kappa shape index (κ3) is 4.13. The van der Waals surface area contributed by atoms with Crippen LogP contribution in [0.1, 0.15) is 22.7 Å². The van der Waals surface area contributed by atoms with Gasteiger partial charge in [-0.2, -0.15) is 0 Å². The summed E-state index contributed by atoms with van der Waals surface area (Å²) in [6.45, 7) is 1.99. The van der Waals surface area contributed by atoms with E-state index in [0.717, 1.165) is 16.7 Å². The molecule has 0 spiro atoms. The Morgan fingerprint density at radius 1 is 1.14 bits per heavy atom. The fourth-order valence-corrected chi connectivity index (χ4v) is 2.35. The molecular weight excluding hydrogens is 280 g/mol. The Balaban J connectivity index is 2.10. The van der Waals surface area contributed by atoms with Gasteiger partial charge in [0.1, 0.15) is 11.0 Å². The van der Waals surface area contributed by atoms with Gasteiger partial charge in [-0.25, -0.2) is 0 Å². The Bertz CT molecular complexity index is 640. The molecule has 1 unspecified atom stereocenters. The Hall–Kier alpha value is -2.20. The van der Waals surface area contributed by atoms with E-state index in [9.17, 15) is 4.79 Å². The number of carbonyl (C=O) groups excluding carboxylic acids is 1. The van der Waals surface area contributed by atoms with E-state index in [1.165, 1.54) is 0 Å². The lowest BCUT2D eigenvalue weighted by Gasteiger charge is -2.18. The quantitative estimate of drug-likeness (QED) is 0.835. The summed E-state index contributed by atoms with van der Waals surface area (Å²) in [4.78, 5) is 12.5. The van der Waals surface area contributed by atoms with Gasteiger partial charge in [-0.3, -0.25) is 4.79 Å². The molecule has 3 nitrogen and oxygen atoms in total. The van der Waals surface area contributed by atoms with Crippen LogP contribution >= 0.6 is 12.2 Å². The Kier molecular flexibility index (Phi) is 5.06. The third-order valence-electron chi connectivity index (χ3n) is 3.34. The number of nitrogens with two attached hydrogens (primary N) is 1. The third-order valence-corrected chi connectivity index (χ3v) is 3.57. The van der Waals surface area contributed by atoms with Crippen molar-refractivity contribution in [2.45, 2.75) is 19.4 Å². The van der Waals surface area contributed by atoms with Crippen LogP contribution in [0.25, 0.3) is 0 Å². The minimum absolute atomic E-state index is 0.0917. The number of benzene rings is 2. The molecule has 2 aromatic carbocycles. The number of thiocarbonyl (C=S) groups is 1. The highest BCUT2D eigenvalue weighted by atomic mass is 32.1. The second-order valence-corrected chi connectivity index (χ2v) is 5.39. The van der Waals surface area contributed by atoms with E-state index in [1.54, 1.807) is 0 Å². The summed E-state index contributed by atoms with van der Waals surface area (Å²) < 4.78 is 0. The first kappa shape index (κ1) is 15.2. The summed E-state index contributed by atoms with van der Waals surface area (Å²) in [6, 6.07) is 16.9. The monoisotopic (exact) mass is 298 g/mol. The minimum atomic E-state index is -0.433. The number of nitrogens with one attached hydrogen (secondary N) is 1. The highest BCUT2D eigenvalue weighted by Gasteiger charge is 2.17. The van der Waals surface area contributed by atoms with Crippen molar-refractivity contribution in [1.29, 1.82) is 0 Å². The van der Waals surface area contributed by atoms with Gasteiger partial charge in [-0.1, -0.05) is 66.8 Å². The zero-order valence-electron chi connectivity index (χ0n) is 11.9. The first-order valence-electron chi connectivity index (χ1n) is 6.76. The van der Waals surface area contributed by atoms with Crippen LogP contribution in [0, 0.1) is 6.92 Å². The Labute approximate surface area is 130 Å². The van der Waals surface area contributed by atoms with E-state index in [4.69, 9.17) is 18.0 Å². The summed E-state index contributed by atoms with van der Waals surface area (Å²) in [5.74, 6) is -0.0917. The van der Waals surface area contributed by atoms with E-state index in [2.05, 4.69) is 5.32 Å². The molecule has 108 valence electrons. The van der Waals surface area contributed by atoms with E-state index >= 15 is 0 Å². The number of hydrogen-bond donors (Lipinski definition) is 2. The van der Waals surface area contributed by atoms with E-state index in [1.807, 2.05) is 61.5 Å². The summed E-state index contributed by atoms with van der Waals surface area (Å²) in [5.41, 5.74) is 8.75. The molecular formula is C17H18N2OS. The molecule has 2 aromatic rings. The van der Waals surface area contributed by atoms with E-state index < -0.39 is 6.04 Å². The summed E-state index contributed by atoms with van der Waals surface area (Å²) in [5, 5.41) is 2.90. The number of amides is 1. The highest BCUT2D eigenvalue weighted by molar-refractivity contribution is 7.80. The first-order chi connectivity index (χ1) is 10.1. The maximum Gasteiger partial charge on any atom is 0.225 e. The molecule has 0 saturated heterocycles. The molecule has 0 heterocycles. The lowest BCUT2D eigenvalue weighted by molar-refractivity contribution is -0.120. The van der Waals surface area contributed by atoms with E-state index in [-0.39, 0.29) is 10.9 Å². The fraction of sp³-hybridized carbons (Fsp3) is 0.176. The molecule has 4 heteroatoms. The van der Waals surface area contributed by atoms with Gasteiger partial charge in [0.2, 0.25) is 5.91 Å². The van der Waals surface area contributed by atoms with Gasteiger partial charge >= 0.3 is 0 Å². The van der Waals surface area contributed by atoms with Crippen LogP contribution in [-0.2, 0) is 11.2 Å². The number of rotatable bonds is 5. The van der Waals surface area contributed by atoms with Crippen molar-refractivity contribution >= 4 is 23.1 Å². The van der Waals surface area contributed by atoms with Crippen LogP contribution in [0.15, 0.2) is 54.6 Å². The zero-order chi connectivity index (χ0) is 15.2. The molecule has 0 aliphatic heterocycles. The van der Waals surface area contributed by atoms with Gasteiger partial charge in [0.25, 0.3) is 0 Å². The second kappa shape index (κ2) is 6.99. The van der Waals surface area contributed by atoms with Gasteiger partial charge in [0.05, 0.1) is 6.42 Å². The Morgan fingerprint density at radius 2 is 1.76 bits per heavy atom. The van der Waals surface area contributed by atoms with Crippen molar-refractivity contribution in [2.75, 3.05) is 0 Å². The smallest absolute Gasteiger partial charge is 0.225 e. The molecule has 21 heavy (non-hydrogen) atoms. The molecule has 2 rings (SSSR count). The molecule has 0 bridgehead atoms. The van der Waals surface area contributed by atoms with Gasteiger partial charge in [-0.15, -0.1) is 0 Å². The van der Waals surface area contributed by atoms with Gasteiger partial charge < -0.3 is 11.1 Å². The maximum atomic E-state index is 12.2. The predicted octanol–water partition coefficient (Wildman–Crippen LogP) is 2.68. The average Bonchev–Trinajstić information content (AvgIpc) is 2.48. The highest BCUT2D eigenvalue weighted by Crippen LogP contribution is 2.14. The topological polar surface area (TPSA) is 55.1 Å². The number of hydrogen-bond acceptors (Lipinski definition) is 2. The second-order valence-electron chi connectivity index (χ2n) is 4.92. The average molecular weight is 298 g/mol. The lowest BCUT2D eigenvalue weighted by Crippen LogP contribution is -2.37. The molecule has 1 atom stereocenters. The summed E-state index contributed by atoms with van der Waals surface area (Å²) in [7, 11) is 0. The molecule has 0 saturated carbocycles. The van der Waals surface area contributed by atoms with Gasteiger partial charge in [-0.05, 0) is 23.6 Å². The Morgan fingerprint density at radius 3 is 2.38 bits per heavy atom. The summed E-state index contributed by atoms with van der Waals surface area (Å²) >= 11 is 5.07. The van der Waals surface area contributed by atoms with Crippen LogP contribution in [0.5, 0.6) is 0 Å². The van der Waals surface area contributed by atoms with Gasteiger partial charge in [0.15, 0.2) is 0 Å². The van der Waals surface area contributed by atoms with Crippen LogP contribution in [-0.4, -0.2) is 10.9 Å². The predicted molar refractivity (Wildman–Crippen MR) is 89.0 cm³/mol. The molecule has 0 aromatic heterocycles. The van der Waals surface area contributed by atoms with Crippen LogP contribution in [0.4, 0.5) is 0 Å². The van der Waals surface area contributed by atoms with Crippen molar-refractivity contribution in [3.05, 3.63) is 71.3 Å². The number of aryl methyl sites for hydroxylation is 1. The SMILES string of the molecule is Cc1ccccc1CC(=O)NC(C(N)=S)c1ccccc1. The molecule has 3 N–H and O–H groups in total. The van der Waals surface area contributed by atoms with Crippen molar-refractivity contribution in [3.63, 3.8) is 0 Å². The molecule has 0 fully saturated rings. The normalized spacial score (nSPS) is 11.7. The van der Waals surface area contributed by atoms with E-state index in [0.29, 0.717) is 6.42 Å². The maximum absolute atomic E-state index is 12.2. The summed E-state index contributed by atoms with van der Waals surface area (Å²) in [6.07, 6.45) is 0.318.